The summed E-state index contributed by atoms with van der Waals surface area (Å²) >= 11 is 0. The lowest BCUT2D eigenvalue weighted by Crippen LogP contribution is -2.64. The Morgan fingerprint density at radius 1 is 0.590 bits per heavy atom. The fourth-order valence-electron chi connectivity index (χ4n) is 14.9. The molecule has 0 saturated carbocycles. The largest absolute Gasteiger partial charge is 0.334 e. The molecule has 4 atom stereocenters. The number of hydrogen-bond donors (Lipinski definition) is 0. The van der Waals surface area contributed by atoms with Gasteiger partial charge in [-0.05, 0) is 185 Å². The first-order chi connectivity index (χ1) is 43.3. The van der Waals surface area contributed by atoms with Gasteiger partial charge in [-0.2, -0.15) is 0 Å². The number of para-hydroxylation sites is 2. The number of aromatic nitrogens is 1. The molecule has 4 heteroatoms. The predicted octanol–water partition coefficient (Wildman–Crippen LogP) is 19.6. The molecular weight excluding hydrogens is 1000 g/mol. The Balaban J connectivity index is 1.17. The minimum Gasteiger partial charge on any atom is -0.334 e. The van der Waals surface area contributed by atoms with Crippen LogP contribution in [0.15, 0.2) is 205 Å². The van der Waals surface area contributed by atoms with Gasteiger partial charge in [-0.3, -0.25) is 0 Å². The summed E-state index contributed by atoms with van der Waals surface area (Å²) < 4.78 is 76.2. The average molecular weight is 1090 g/mol. The van der Waals surface area contributed by atoms with E-state index in [-0.39, 0.29) is 80.9 Å². The van der Waals surface area contributed by atoms with Gasteiger partial charge in [0.15, 0.2) is 0 Å². The van der Waals surface area contributed by atoms with Gasteiger partial charge in [0.25, 0.3) is 6.71 Å². The molecule has 5 aliphatic rings. The summed E-state index contributed by atoms with van der Waals surface area (Å²) in [6.45, 7) is 23.1. The molecule has 2 aliphatic heterocycles. The molecule has 0 radical (unpaired) electrons. The number of aryl methyl sites for hydroxylation is 1. The van der Waals surface area contributed by atoms with E-state index < -0.39 is 24.2 Å². The lowest BCUT2D eigenvalue weighted by Gasteiger charge is -2.53. The number of rotatable bonds is 7. The summed E-state index contributed by atoms with van der Waals surface area (Å²) in [7, 11) is 0. The van der Waals surface area contributed by atoms with E-state index in [0.717, 1.165) is 88.9 Å². The van der Waals surface area contributed by atoms with Crippen LogP contribution in [0.1, 0.15) is 141 Å². The Hall–Kier alpha value is -7.56. The second kappa shape index (κ2) is 20.4. The van der Waals surface area contributed by atoms with E-state index in [1.807, 2.05) is 6.07 Å². The van der Waals surface area contributed by atoms with Crippen LogP contribution >= 0.6 is 0 Å². The van der Waals surface area contributed by atoms with Crippen molar-refractivity contribution in [1.82, 2.24) is 4.57 Å². The molecule has 416 valence electrons. The van der Waals surface area contributed by atoms with Gasteiger partial charge in [0.1, 0.15) is 0 Å². The smallest absolute Gasteiger partial charge is 0.252 e. The van der Waals surface area contributed by atoms with Crippen LogP contribution < -0.4 is 26.2 Å². The van der Waals surface area contributed by atoms with Gasteiger partial charge in [-0.25, -0.2) is 0 Å². The van der Waals surface area contributed by atoms with Gasteiger partial charge < -0.3 is 14.4 Å². The van der Waals surface area contributed by atoms with Crippen LogP contribution in [0.2, 0.25) is 0 Å². The number of benzene rings is 8. The summed E-state index contributed by atoms with van der Waals surface area (Å²) in [5.74, 6) is 1.03. The maximum atomic E-state index is 9.70. The fraction of sp³-hybridized carbons (Fsp3) is 0.316. The molecule has 1 aromatic heterocycles. The number of allylic oxidation sites excluding steroid dienone is 4. The molecule has 0 N–H and O–H groups in total. The first-order valence-electron chi connectivity index (χ1n) is 34.7. The quantitative estimate of drug-likeness (QED) is 0.116. The van der Waals surface area contributed by atoms with Gasteiger partial charge in [0.05, 0.1) is 33.7 Å². The molecule has 3 aliphatic carbocycles. The molecule has 3 heterocycles. The topological polar surface area (TPSA) is 11.4 Å². The number of nitrogens with zero attached hydrogens (tertiary/aromatic N) is 3. The highest BCUT2D eigenvalue weighted by Crippen LogP contribution is 2.55. The van der Waals surface area contributed by atoms with Crippen molar-refractivity contribution in [2.75, 3.05) is 9.80 Å². The predicted molar refractivity (Wildman–Crippen MR) is 358 cm³/mol. The zero-order valence-electron chi connectivity index (χ0n) is 58.2. The molecule has 3 nitrogen and oxygen atoms in total. The van der Waals surface area contributed by atoms with E-state index in [4.69, 9.17) is 5.48 Å². The molecule has 14 rings (SSSR count). The zero-order valence-corrected chi connectivity index (χ0v) is 50.2. The van der Waals surface area contributed by atoms with E-state index >= 15 is 0 Å². The molecular formula is C79H82BN3. The Morgan fingerprint density at radius 3 is 1.83 bits per heavy atom. The fourth-order valence-corrected chi connectivity index (χ4v) is 14.9. The van der Waals surface area contributed by atoms with Gasteiger partial charge >= 0.3 is 0 Å². The number of anilines is 5. The van der Waals surface area contributed by atoms with E-state index in [2.05, 4.69) is 219 Å². The van der Waals surface area contributed by atoms with Crippen molar-refractivity contribution in [2.45, 2.75) is 137 Å². The van der Waals surface area contributed by atoms with Crippen LogP contribution in [0, 0.1) is 30.1 Å². The minimum absolute atomic E-state index is 0.0267. The molecule has 0 fully saturated rings. The van der Waals surface area contributed by atoms with Gasteiger partial charge in [0.2, 0.25) is 0 Å². The van der Waals surface area contributed by atoms with Crippen LogP contribution in [0.5, 0.6) is 0 Å². The average Bonchev–Trinajstić information content (AvgIpc) is 1.51. The van der Waals surface area contributed by atoms with Crippen LogP contribution in [0.25, 0.3) is 49.7 Å². The highest BCUT2D eigenvalue weighted by Gasteiger charge is 2.50. The summed E-state index contributed by atoms with van der Waals surface area (Å²) in [5.41, 5.74) is 19.8. The van der Waals surface area contributed by atoms with Crippen molar-refractivity contribution in [1.29, 1.82) is 0 Å². The molecule has 8 aromatic carbocycles. The monoisotopic (exact) mass is 1090 g/mol. The Morgan fingerprint density at radius 2 is 1.23 bits per heavy atom. The molecule has 4 unspecified atom stereocenters. The van der Waals surface area contributed by atoms with Crippen molar-refractivity contribution >= 4 is 73.3 Å². The van der Waals surface area contributed by atoms with E-state index in [9.17, 15) is 5.48 Å². The molecule has 0 spiro atoms. The van der Waals surface area contributed by atoms with Crippen molar-refractivity contribution in [2.24, 2.45) is 23.2 Å². The van der Waals surface area contributed by atoms with Crippen molar-refractivity contribution in [3.05, 3.63) is 222 Å². The van der Waals surface area contributed by atoms with Crippen molar-refractivity contribution in [3.63, 3.8) is 0 Å². The lowest BCUT2D eigenvalue weighted by atomic mass is 9.33. The molecule has 0 saturated heterocycles. The highest BCUT2D eigenvalue weighted by atomic mass is 15.2. The Bertz CT molecular complexity index is 4440. The third kappa shape index (κ3) is 9.17. The Labute approximate surface area is 506 Å². The minimum atomic E-state index is -0.467. The van der Waals surface area contributed by atoms with Gasteiger partial charge in [-0.15, -0.1) is 0 Å². The normalized spacial score (nSPS) is 21.2. The van der Waals surface area contributed by atoms with Crippen molar-refractivity contribution < 1.29 is 11.0 Å². The van der Waals surface area contributed by atoms with Gasteiger partial charge in [-0.1, -0.05) is 213 Å². The number of hydrogen-bond acceptors (Lipinski definition) is 2. The summed E-state index contributed by atoms with van der Waals surface area (Å²) in [6, 6.07) is 41.7. The van der Waals surface area contributed by atoms with E-state index in [1.165, 1.54) is 46.3 Å². The zero-order chi connectivity index (χ0) is 64.1. The number of fused-ring (bicyclic) bond motifs is 7. The summed E-state index contributed by atoms with van der Waals surface area (Å²) in [6.07, 6.45) is 19.1. The van der Waals surface area contributed by atoms with E-state index in [1.54, 1.807) is 15.7 Å². The molecule has 83 heavy (non-hydrogen) atoms. The summed E-state index contributed by atoms with van der Waals surface area (Å²) in [4.78, 5) is 5.38. The molecule has 0 bridgehead atoms. The maximum absolute atomic E-state index is 9.70. The molecule has 9 aromatic rings. The van der Waals surface area contributed by atoms with Crippen molar-refractivity contribution in [3.8, 4) is 27.9 Å². The standard InChI is InChI=1S/C79H82BN3/c1-51-39-42-70-67(43-51)80-66-41-40-59(81-68-37-25-23-35-60(68)61-36-24-26-38-69(61)81)50-71(66)83(76-64(54-31-19-13-20-32-54)46-57(78(5,6)7)47-65(76)55-33-21-14-22-34-55)73-49-58(79(8,9)10)48-72(74(73)80)82(70)75-62(52-27-15-11-16-28-52)44-56(77(2,3)4)45-63(75)53-29-17-12-18-30-53/h11,13-15,19-26,29,31-44,46-50,52,56,63,75H,12,16-18,27-28,30,45H2,1-10H3/i23D,24D,25D,26D,35D,36D,37D,38D. The second-order valence-electron chi connectivity index (χ2n) is 27.7. The third-order valence-corrected chi connectivity index (χ3v) is 19.3. The van der Waals surface area contributed by atoms with Crippen LogP contribution in [0.4, 0.5) is 28.4 Å². The highest BCUT2D eigenvalue weighted by molar-refractivity contribution is 7.00. The van der Waals surface area contributed by atoms with E-state index in [0.29, 0.717) is 17.5 Å². The first kappa shape index (κ1) is 45.0. The lowest BCUT2D eigenvalue weighted by molar-refractivity contribution is 0.220. The van der Waals surface area contributed by atoms with Gasteiger partial charge in [0, 0.05) is 56.3 Å². The van der Waals surface area contributed by atoms with Crippen LogP contribution in [-0.2, 0) is 10.8 Å². The summed E-state index contributed by atoms with van der Waals surface area (Å²) in [5, 5.41) is 0.104. The van der Waals surface area contributed by atoms with Crippen LogP contribution in [0.3, 0.4) is 0 Å². The first-order valence-corrected chi connectivity index (χ1v) is 30.7. The third-order valence-electron chi connectivity index (χ3n) is 19.3. The second-order valence-corrected chi connectivity index (χ2v) is 27.7. The molecule has 0 amide bonds. The Kier molecular flexibility index (Phi) is 11.0. The van der Waals surface area contributed by atoms with Crippen LogP contribution in [-0.4, -0.2) is 17.3 Å². The maximum Gasteiger partial charge on any atom is 0.252 e. The SMILES string of the molecule is [2H]c1c([2H])c([2H])c2c(c1[2H])c1c([2H])c([2H])c([2H])c([2H])c1n2-c1ccc2c(c1)N(c1c(-c3ccccc3)cc(C(C)(C)C)cc1-c1ccccc1)c1cc(C(C)(C)C)cc3c1B2c1cc(C)ccc1N3C1C(C2CC=CCC2)=CC(C(C)(C)C)CC1C1=CCCCC1.